The van der Waals surface area contributed by atoms with Crippen LogP contribution in [0.15, 0.2) is 50.8 Å². The Kier molecular flexibility index (Phi) is 5.08. The average molecular weight is 333 g/mol. The third kappa shape index (κ3) is 4.12. The number of hydrogen-bond acceptors (Lipinski definition) is 4. The first-order chi connectivity index (χ1) is 10.00. The smallest absolute Gasteiger partial charge is 0.418 e. The Labute approximate surface area is 127 Å². The van der Waals surface area contributed by atoms with E-state index < -0.39 is 11.7 Å². The molecule has 0 N–H and O–H groups in total. The van der Waals surface area contributed by atoms with Gasteiger partial charge < -0.3 is 4.42 Å². The number of halogens is 4. The fraction of sp³-hybridized carbons (Fsp3) is 0.0769. The lowest BCUT2D eigenvalue weighted by atomic mass is 10.1. The van der Waals surface area contributed by atoms with E-state index in [0.717, 1.165) is 11.9 Å². The minimum atomic E-state index is -4.46. The molecular formula is C13H8ClF3N2OS. The highest BCUT2D eigenvalue weighted by Gasteiger charge is 2.36. The van der Waals surface area contributed by atoms with Crippen molar-refractivity contribution in [3.05, 3.63) is 53.2 Å². The molecule has 110 valence electrons. The van der Waals surface area contributed by atoms with Gasteiger partial charge in [0, 0.05) is 28.6 Å². The second-order valence-corrected chi connectivity index (χ2v) is 4.95. The molecule has 3 rings (SSSR count). The van der Waals surface area contributed by atoms with E-state index in [2.05, 4.69) is 13.8 Å². The molecule has 0 radical (unpaired) electrons. The Balaban J connectivity index is 0.000000272. The Hall–Kier alpha value is -1.73. The Morgan fingerprint density at radius 3 is 2.62 bits per heavy atom. The van der Waals surface area contributed by atoms with Crippen molar-refractivity contribution >= 4 is 35.8 Å². The van der Waals surface area contributed by atoms with Gasteiger partial charge in [-0.25, -0.2) is 9.38 Å². The first-order valence-corrected chi connectivity index (χ1v) is 6.74. The fourth-order valence-electron chi connectivity index (χ4n) is 1.54. The summed E-state index contributed by atoms with van der Waals surface area (Å²) in [6.07, 6.45) is 4.29. The van der Waals surface area contributed by atoms with Crippen molar-refractivity contribution < 1.29 is 17.6 Å². The fourth-order valence-corrected chi connectivity index (χ4v) is 2.46. The van der Waals surface area contributed by atoms with E-state index in [1.54, 1.807) is 6.20 Å². The second-order valence-electron chi connectivity index (χ2n) is 3.71. The number of rotatable bonds is 0. The van der Waals surface area contributed by atoms with Gasteiger partial charge in [-0.2, -0.15) is 13.2 Å². The molecule has 0 amide bonds. The highest BCUT2D eigenvalue weighted by atomic mass is 35.5. The van der Waals surface area contributed by atoms with E-state index in [-0.39, 0.29) is 10.6 Å². The van der Waals surface area contributed by atoms with Crippen LogP contribution in [-0.2, 0) is 6.18 Å². The Bertz CT molecular complexity index is 637. The summed E-state index contributed by atoms with van der Waals surface area (Å²) in [4.78, 5) is 4.00. The average Bonchev–Trinajstić information content (AvgIpc) is 2.90. The summed E-state index contributed by atoms with van der Waals surface area (Å²) in [6, 6.07) is 2.77. The van der Waals surface area contributed by atoms with Crippen molar-refractivity contribution in [1.82, 2.24) is 4.98 Å². The lowest BCUT2D eigenvalue weighted by molar-refractivity contribution is -0.137. The number of hydrogen-bond donors (Lipinski definition) is 0. The second kappa shape index (κ2) is 6.82. The molecule has 1 aliphatic rings. The summed E-state index contributed by atoms with van der Waals surface area (Å²) >= 11 is 6.59. The zero-order valence-corrected chi connectivity index (χ0v) is 11.9. The van der Waals surface area contributed by atoms with Crippen molar-refractivity contribution in [3.8, 4) is 0 Å². The van der Waals surface area contributed by atoms with Crippen LogP contribution in [0.25, 0.3) is 6.08 Å². The van der Waals surface area contributed by atoms with Gasteiger partial charge in [-0.3, -0.25) is 0 Å². The lowest BCUT2D eigenvalue weighted by Crippen LogP contribution is -2.09. The van der Waals surface area contributed by atoms with E-state index >= 15 is 0 Å². The first kappa shape index (κ1) is 15.7. The lowest BCUT2D eigenvalue weighted by Gasteiger charge is -2.14. The third-order valence-electron chi connectivity index (χ3n) is 2.35. The normalized spacial score (nSPS) is 13.1. The van der Waals surface area contributed by atoms with E-state index in [4.69, 9.17) is 11.6 Å². The zero-order chi connectivity index (χ0) is 15.3. The van der Waals surface area contributed by atoms with Crippen LogP contribution in [0.4, 0.5) is 13.2 Å². The van der Waals surface area contributed by atoms with Crippen LogP contribution in [0.5, 0.6) is 0 Å². The molecule has 0 atom stereocenters. The molecule has 21 heavy (non-hydrogen) atoms. The number of aromatic nitrogens is 1. The van der Waals surface area contributed by atoms with Gasteiger partial charge in [0.25, 0.3) is 0 Å². The van der Waals surface area contributed by atoms with E-state index in [9.17, 15) is 13.2 Å². The van der Waals surface area contributed by atoms with Crippen molar-refractivity contribution in [2.45, 2.75) is 11.1 Å². The number of allylic oxidation sites excluding steroid dienone is 1. The van der Waals surface area contributed by atoms with Gasteiger partial charge in [0.15, 0.2) is 6.39 Å². The predicted molar refractivity (Wildman–Crippen MR) is 76.3 cm³/mol. The standard InChI is InChI=1S/C10H5ClF3NS.C3H3NO/c11-7-3-4-8-6(2-1-5-15-16-8)9(7)10(12,13)14;1-2-5-3-4-1/h1-5H;1-3H. The van der Waals surface area contributed by atoms with Crippen LogP contribution in [-0.4, -0.2) is 11.2 Å². The van der Waals surface area contributed by atoms with Crippen molar-refractivity contribution in [2.24, 2.45) is 4.40 Å². The molecule has 0 aliphatic carbocycles. The van der Waals surface area contributed by atoms with Gasteiger partial charge in [0.2, 0.25) is 0 Å². The summed E-state index contributed by atoms with van der Waals surface area (Å²) < 4.78 is 46.7. The van der Waals surface area contributed by atoms with Gasteiger partial charge in [-0.15, -0.1) is 0 Å². The largest absolute Gasteiger partial charge is 0.452 e. The third-order valence-corrected chi connectivity index (χ3v) is 3.44. The predicted octanol–water partition coefficient (Wildman–Crippen LogP) is 5.14. The maximum absolute atomic E-state index is 12.8. The molecule has 8 heteroatoms. The number of benzene rings is 1. The van der Waals surface area contributed by atoms with Crippen molar-refractivity contribution in [1.29, 1.82) is 0 Å². The van der Waals surface area contributed by atoms with E-state index in [0.29, 0.717) is 4.90 Å². The van der Waals surface area contributed by atoms with Gasteiger partial charge in [0.1, 0.15) is 6.26 Å². The van der Waals surface area contributed by atoms with Gasteiger partial charge in [0.05, 0.1) is 16.8 Å². The molecule has 2 aromatic rings. The maximum atomic E-state index is 12.8. The van der Waals surface area contributed by atoms with Crippen LogP contribution < -0.4 is 0 Å². The first-order valence-electron chi connectivity index (χ1n) is 5.59. The molecule has 0 spiro atoms. The molecule has 0 fully saturated rings. The van der Waals surface area contributed by atoms with Crippen LogP contribution in [0, 0.1) is 0 Å². The molecule has 0 bridgehead atoms. The summed E-state index contributed by atoms with van der Waals surface area (Å²) in [5.41, 5.74) is -0.733. The minimum Gasteiger partial charge on any atom is -0.452 e. The van der Waals surface area contributed by atoms with Crippen molar-refractivity contribution in [3.63, 3.8) is 0 Å². The molecule has 0 saturated heterocycles. The highest BCUT2D eigenvalue weighted by molar-refractivity contribution is 7.98. The molecule has 1 aliphatic heterocycles. The number of nitrogens with zero attached hydrogens (tertiary/aromatic N) is 2. The highest BCUT2D eigenvalue weighted by Crippen LogP contribution is 2.42. The molecule has 2 heterocycles. The number of alkyl halides is 3. The Morgan fingerprint density at radius 1 is 1.24 bits per heavy atom. The zero-order valence-electron chi connectivity index (χ0n) is 10.3. The topological polar surface area (TPSA) is 38.4 Å². The van der Waals surface area contributed by atoms with Crippen LogP contribution in [0.1, 0.15) is 11.1 Å². The van der Waals surface area contributed by atoms with Crippen LogP contribution >= 0.6 is 23.5 Å². The summed E-state index contributed by atoms with van der Waals surface area (Å²) in [7, 11) is 0. The van der Waals surface area contributed by atoms with Gasteiger partial charge >= 0.3 is 6.18 Å². The maximum Gasteiger partial charge on any atom is 0.418 e. The summed E-state index contributed by atoms with van der Waals surface area (Å²) in [6.45, 7) is 0. The quantitative estimate of drug-likeness (QED) is 0.627. The van der Waals surface area contributed by atoms with Crippen LogP contribution in [0.2, 0.25) is 5.02 Å². The molecule has 3 nitrogen and oxygen atoms in total. The SMILES string of the molecule is FC(F)(F)c1c(Cl)ccc2c1C=CC=NS2.c1cocn1. The van der Waals surface area contributed by atoms with Crippen molar-refractivity contribution in [2.75, 3.05) is 0 Å². The minimum absolute atomic E-state index is 0.0718. The van der Waals surface area contributed by atoms with Crippen LogP contribution in [0.3, 0.4) is 0 Å². The molecular weight excluding hydrogens is 325 g/mol. The molecule has 1 aromatic carbocycles. The molecule has 0 saturated carbocycles. The summed E-state index contributed by atoms with van der Waals surface area (Å²) in [5.74, 6) is 0. The van der Waals surface area contributed by atoms with Gasteiger partial charge in [-0.05, 0) is 18.2 Å². The number of fused-ring (bicyclic) bond motifs is 1. The van der Waals surface area contributed by atoms with E-state index in [1.165, 1.54) is 43.2 Å². The van der Waals surface area contributed by atoms with E-state index in [1.807, 2.05) is 0 Å². The van der Waals surface area contributed by atoms with Gasteiger partial charge in [-0.1, -0.05) is 17.7 Å². The Morgan fingerprint density at radius 2 is 2.05 bits per heavy atom. The monoisotopic (exact) mass is 332 g/mol. The molecule has 0 unspecified atom stereocenters. The molecule has 1 aromatic heterocycles. The summed E-state index contributed by atoms with van der Waals surface area (Å²) in [5, 5.41) is -0.293. The number of oxazole rings is 1.